The fourth-order valence-electron chi connectivity index (χ4n) is 3.43. The second-order valence-electron chi connectivity index (χ2n) is 6.71. The molecule has 0 heterocycles. The highest BCUT2D eigenvalue weighted by atomic mass is 16.5. The number of hydrogen-bond donors (Lipinski definition) is 1. The first kappa shape index (κ1) is 19.1. The zero-order valence-electron chi connectivity index (χ0n) is 15.4. The summed E-state index contributed by atoms with van der Waals surface area (Å²) >= 11 is 0. The molecular weight excluding hydrogens is 322 g/mol. The molecule has 6 heteroatoms. The van der Waals surface area contributed by atoms with E-state index >= 15 is 0 Å². The number of methoxy groups -OCH3 is 2. The van der Waals surface area contributed by atoms with E-state index in [2.05, 4.69) is 0 Å². The number of hydrogen-bond acceptors (Lipinski definition) is 4. The number of carboxylic acids is 1. The minimum absolute atomic E-state index is 0.0815. The van der Waals surface area contributed by atoms with Crippen LogP contribution in [0.3, 0.4) is 0 Å². The van der Waals surface area contributed by atoms with Gasteiger partial charge in [-0.2, -0.15) is 0 Å². The molecule has 1 N–H and O–H groups in total. The number of carbonyl (C=O) groups excluding carboxylic acids is 1. The van der Waals surface area contributed by atoms with Crippen molar-refractivity contribution in [2.45, 2.75) is 39.2 Å². The van der Waals surface area contributed by atoms with Crippen LogP contribution in [0.4, 0.5) is 0 Å². The van der Waals surface area contributed by atoms with Gasteiger partial charge in [-0.1, -0.05) is 0 Å². The molecule has 0 aliphatic heterocycles. The fourth-order valence-corrected chi connectivity index (χ4v) is 3.43. The molecule has 0 atom stereocenters. The number of carbonyl (C=O) groups is 2. The summed E-state index contributed by atoms with van der Waals surface area (Å²) in [5.41, 5.74) is 2.04. The maximum Gasteiger partial charge on any atom is 0.306 e. The Morgan fingerprint density at radius 3 is 2.12 bits per heavy atom. The molecule has 0 unspecified atom stereocenters. The van der Waals surface area contributed by atoms with E-state index in [1.165, 1.54) is 0 Å². The van der Waals surface area contributed by atoms with Crippen LogP contribution >= 0.6 is 0 Å². The normalized spacial score (nSPS) is 20.0. The molecule has 6 nitrogen and oxygen atoms in total. The molecule has 1 aromatic carbocycles. The van der Waals surface area contributed by atoms with E-state index in [0.717, 1.165) is 11.1 Å². The van der Waals surface area contributed by atoms with Gasteiger partial charge in [-0.05, 0) is 55.9 Å². The van der Waals surface area contributed by atoms with E-state index in [1.807, 2.05) is 19.1 Å². The average molecular weight is 349 g/mol. The lowest BCUT2D eigenvalue weighted by atomic mass is 9.81. The van der Waals surface area contributed by atoms with Crippen molar-refractivity contribution in [3.63, 3.8) is 0 Å². The van der Waals surface area contributed by atoms with Gasteiger partial charge in [-0.15, -0.1) is 0 Å². The Labute approximate surface area is 148 Å². The lowest BCUT2D eigenvalue weighted by Crippen LogP contribution is -2.35. The smallest absolute Gasteiger partial charge is 0.306 e. The van der Waals surface area contributed by atoms with Crippen LogP contribution < -0.4 is 9.47 Å². The van der Waals surface area contributed by atoms with E-state index in [9.17, 15) is 9.59 Å². The number of aliphatic carboxylic acids is 1. The first-order valence-corrected chi connectivity index (χ1v) is 8.56. The van der Waals surface area contributed by atoms with Gasteiger partial charge in [0.1, 0.15) is 0 Å². The zero-order valence-corrected chi connectivity index (χ0v) is 15.4. The molecule has 25 heavy (non-hydrogen) atoms. The van der Waals surface area contributed by atoms with Crippen LogP contribution in [0.5, 0.6) is 11.5 Å². The Balaban J connectivity index is 2.03. The lowest BCUT2D eigenvalue weighted by molar-refractivity contribution is -0.145. The zero-order chi connectivity index (χ0) is 18.6. The standard InChI is InChI=1S/C19H27NO5/c1-12-9-16(24-3)17(25-4)10-15(12)11-20(2)18(21)13-5-7-14(8-6-13)19(22)23/h9-10,13-14H,5-8,11H2,1-4H3,(H,22,23). The van der Waals surface area contributed by atoms with Crippen LogP contribution in [0, 0.1) is 18.8 Å². The minimum atomic E-state index is -0.750. The topological polar surface area (TPSA) is 76.1 Å². The van der Waals surface area contributed by atoms with Crippen molar-refractivity contribution in [2.75, 3.05) is 21.3 Å². The largest absolute Gasteiger partial charge is 0.493 e. The number of aryl methyl sites for hydroxylation is 1. The second-order valence-corrected chi connectivity index (χ2v) is 6.71. The van der Waals surface area contributed by atoms with E-state index < -0.39 is 5.97 Å². The van der Waals surface area contributed by atoms with Crippen LogP contribution in [0.25, 0.3) is 0 Å². The Bertz CT molecular complexity index is 635. The summed E-state index contributed by atoms with van der Waals surface area (Å²) in [6.07, 6.45) is 2.44. The molecule has 2 rings (SSSR count). The Morgan fingerprint density at radius 2 is 1.60 bits per heavy atom. The highest BCUT2D eigenvalue weighted by Gasteiger charge is 2.31. The molecule has 0 saturated heterocycles. The van der Waals surface area contributed by atoms with Crippen molar-refractivity contribution < 1.29 is 24.2 Å². The molecule has 0 aromatic heterocycles. The van der Waals surface area contributed by atoms with Crippen LogP contribution in [-0.2, 0) is 16.1 Å². The predicted molar refractivity (Wildman–Crippen MR) is 93.8 cm³/mol. The second kappa shape index (κ2) is 8.23. The highest BCUT2D eigenvalue weighted by molar-refractivity contribution is 5.79. The van der Waals surface area contributed by atoms with Gasteiger partial charge in [0.2, 0.25) is 5.91 Å². The summed E-state index contributed by atoms with van der Waals surface area (Å²) in [7, 11) is 4.98. The van der Waals surface area contributed by atoms with E-state index in [0.29, 0.717) is 43.7 Å². The third-order valence-corrected chi connectivity index (χ3v) is 5.05. The van der Waals surface area contributed by atoms with Gasteiger partial charge in [-0.3, -0.25) is 9.59 Å². The summed E-state index contributed by atoms with van der Waals surface area (Å²) in [5.74, 6) is 0.261. The van der Waals surface area contributed by atoms with E-state index in [-0.39, 0.29) is 17.7 Å². The summed E-state index contributed by atoms with van der Waals surface area (Å²) in [5, 5.41) is 9.07. The van der Waals surface area contributed by atoms with Crippen LogP contribution in [0.15, 0.2) is 12.1 Å². The molecule has 138 valence electrons. The molecule has 0 spiro atoms. The molecule has 0 bridgehead atoms. The van der Waals surface area contributed by atoms with Crippen LogP contribution in [-0.4, -0.2) is 43.2 Å². The monoisotopic (exact) mass is 349 g/mol. The van der Waals surface area contributed by atoms with Gasteiger partial charge < -0.3 is 19.5 Å². The fraction of sp³-hybridized carbons (Fsp3) is 0.579. The van der Waals surface area contributed by atoms with Gasteiger partial charge in [0.15, 0.2) is 11.5 Å². The van der Waals surface area contributed by atoms with Crippen LogP contribution in [0.2, 0.25) is 0 Å². The quantitative estimate of drug-likeness (QED) is 0.855. The molecule has 1 amide bonds. The van der Waals surface area contributed by atoms with E-state index in [4.69, 9.17) is 14.6 Å². The summed E-state index contributed by atoms with van der Waals surface area (Å²) < 4.78 is 10.6. The van der Waals surface area contributed by atoms with Crippen molar-refractivity contribution in [2.24, 2.45) is 11.8 Å². The molecule has 1 aliphatic carbocycles. The van der Waals surface area contributed by atoms with Crippen molar-refractivity contribution in [1.82, 2.24) is 4.90 Å². The number of benzene rings is 1. The van der Waals surface area contributed by atoms with Gasteiger partial charge >= 0.3 is 5.97 Å². The SMILES string of the molecule is COc1cc(C)c(CN(C)C(=O)C2CCC(C(=O)O)CC2)cc1OC. The number of amides is 1. The number of rotatable bonds is 6. The molecule has 0 radical (unpaired) electrons. The maximum absolute atomic E-state index is 12.7. The minimum Gasteiger partial charge on any atom is -0.493 e. The van der Waals surface area contributed by atoms with Crippen molar-refractivity contribution in [1.29, 1.82) is 0 Å². The third kappa shape index (κ3) is 4.44. The number of ether oxygens (including phenoxy) is 2. The van der Waals surface area contributed by atoms with Gasteiger partial charge in [0.05, 0.1) is 20.1 Å². The van der Waals surface area contributed by atoms with Gasteiger partial charge in [0.25, 0.3) is 0 Å². The third-order valence-electron chi connectivity index (χ3n) is 5.05. The number of nitrogens with zero attached hydrogens (tertiary/aromatic N) is 1. The van der Waals surface area contributed by atoms with Crippen molar-refractivity contribution >= 4 is 11.9 Å². The van der Waals surface area contributed by atoms with E-state index in [1.54, 1.807) is 26.2 Å². The average Bonchev–Trinajstić information content (AvgIpc) is 2.62. The van der Waals surface area contributed by atoms with Gasteiger partial charge in [-0.25, -0.2) is 0 Å². The molecule has 1 saturated carbocycles. The van der Waals surface area contributed by atoms with Crippen molar-refractivity contribution in [3.05, 3.63) is 23.3 Å². The Hall–Kier alpha value is -2.24. The summed E-state index contributed by atoms with van der Waals surface area (Å²) in [4.78, 5) is 25.5. The number of carboxylic acid groups (broad SMARTS) is 1. The van der Waals surface area contributed by atoms with Crippen molar-refractivity contribution in [3.8, 4) is 11.5 Å². The molecule has 1 fully saturated rings. The van der Waals surface area contributed by atoms with Gasteiger partial charge in [0, 0.05) is 19.5 Å². The first-order valence-electron chi connectivity index (χ1n) is 8.56. The Morgan fingerprint density at radius 1 is 1.08 bits per heavy atom. The highest BCUT2D eigenvalue weighted by Crippen LogP contribution is 2.32. The molecule has 1 aliphatic rings. The molecular formula is C19H27NO5. The van der Waals surface area contributed by atoms with Crippen LogP contribution in [0.1, 0.15) is 36.8 Å². The Kier molecular flexibility index (Phi) is 6.28. The maximum atomic E-state index is 12.7. The lowest BCUT2D eigenvalue weighted by Gasteiger charge is -2.29. The molecule has 1 aromatic rings. The predicted octanol–water partition coefficient (Wildman–Crippen LogP) is 2.86. The first-order chi connectivity index (χ1) is 11.9. The summed E-state index contributed by atoms with van der Waals surface area (Å²) in [6, 6.07) is 3.81. The summed E-state index contributed by atoms with van der Waals surface area (Å²) in [6.45, 7) is 2.47.